The molecule has 0 bridgehead atoms. The van der Waals surface area contributed by atoms with Gasteiger partial charge in [-0.05, 0) is 33.4 Å². The first kappa shape index (κ1) is 16.2. The van der Waals surface area contributed by atoms with Crippen LogP contribution >= 0.6 is 0 Å². The average molecular weight is 304 g/mol. The minimum Gasteiger partial charge on any atom is -0.308 e. The summed E-state index contributed by atoms with van der Waals surface area (Å²) in [7, 11) is 3.76. The number of nitrogens with zero attached hydrogens (tertiary/aromatic N) is 5. The molecule has 22 heavy (non-hydrogen) atoms. The van der Waals surface area contributed by atoms with Crippen molar-refractivity contribution in [3.05, 3.63) is 29.7 Å². The molecule has 0 spiro atoms. The number of rotatable bonds is 7. The molecule has 2 aromatic rings. The van der Waals surface area contributed by atoms with Gasteiger partial charge >= 0.3 is 0 Å². The van der Waals surface area contributed by atoms with Crippen molar-refractivity contribution in [2.45, 2.75) is 26.8 Å². The Bertz CT molecular complexity index is 630. The van der Waals surface area contributed by atoms with Crippen LogP contribution in [-0.2, 0) is 18.4 Å². The van der Waals surface area contributed by atoms with E-state index in [1.54, 1.807) is 16.9 Å². The molecular weight excluding hydrogens is 280 g/mol. The summed E-state index contributed by atoms with van der Waals surface area (Å²) >= 11 is 0. The van der Waals surface area contributed by atoms with Crippen LogP contribution in [0.2, 0.25) is 0 Å². The average Bonchev–Trinajstić information content (AvgIpc) is 2.95. The molecule has 2 aromatic heterocycles. The van der Waals surface area contributed by atoms with Gasteiger partial charge in [-0.1, -0.05) is 0 Å². The van der Waals surface area contributed by atoms with Crippen LogP contribution in [0.25, 0.3) is 0 Å². The summed E-state index contributed by atoms with van der Waals surface area (Å²) in [4.78, 5) is 13.9. The number of amides is 1. The van der Waals surface area contributed by atoms with Gasteiger partial charge in [0.15, 0.2) is 5.82 Å². The van der Waals surface area contributed by atoms with Crippen LogP contribution in [-0.4, -0.2) is 50.5 Å². The molecule has 2 rings (SSSR count). The number of carbonyl (C=O) groups is 1. The third-order valence-corrected chi connectivity index (χ3v) is 3.41. The largest absolute Gasteiger partial charge is 0.308 e. The van der Waals surface area contributed by atoms with E-state index < -0.39 is 0 Å². The molecule has 0 unspecified atom stereocenters. The van der Waals surface area contributed by atoms with Gasteiger partial charge in [0, 0.05) is 38.1 Å². The van der Waals surface area contributed by atoms with Crippen LogP contribution < -0.4 is 5.32 Å². The lowest BCUT2D eigenvalue weighted by molar-refractivity contribution is -0.117. The van der Waals surface area contributed by atoms with Gasteiger partial charge in [-0.2, -0.15) is 10.2 Å². The van der Waals surface area contributed by atoms with E-state index in [-0.39, 0.29) is 5.91 Å². The fourth-order valence-corrected chi connectivity index (χ4v) is 2.38. The molecule has 7 nitrogen and oxygen atoms in total. The minimum absolute atomic E-state index is 0.0488. The van der Waals surface area contributed by atoms with E-state index in [0.717, 1.165) is 25.2 Å². The van der Waals surface area contributed by atoms with Crippen LogP contribution in [0, 0.1) is 13.8 Å². The van der Waals surface area contributed by atoms with Gasteiger partial charge in [0.2, 0.25) is 5.91 Å². The molecule has 0 aromatic carbocycles. The Kier molecular flexibility index (Phi) is 5.32. The lowest BCUT2D eigenvalue weighted by Crippen LogP contribution is -2.31. The second kappa shape index (κ2) is 7.22. The number of aryl methyl sites for hydroxylation is 4. The predicted octanol–water partition coefficient (Wildman–Crippen LogP) is 1.19. The maximum absolute atomic E-state index is 11.9. The van der Waals surface area contributed by atoms with Gasteiger partial charge in [0.05, 0.1) is 12.2 Å². The molecule has 0 aliphatic carbocycles. The van der Waals surface area contributed by atoms with Crippen molar-refractivity contribution >= 4 is 11.7 Å². The number of likely N-dealkylation sites (N-methyl/N-ethyl adjacent to an activating group) is 1. The molecule has 0 saturated carbocycles. The molecule has 7 heteroatoms. The van der Waals surface area contributed by atoms with Crippen molar-refractivity contribution in [3.63, 3.8) is 0 Å². The van der Waals surface area contributed by atoms with Crippen LogP contribution in [0.4, 0.5) is 5.82 Å². The summed E-state index contributed by atoms with van der Waals surface area (Å²) in [5.41, 5.74) is 2.22. The van der Waals surface area contributed by atoms with Crippen LogP contribution in [0.3, 0.4) is 0 Å². The Morgan fingerprint density at radius 1 is 1.36 bits per heavy atom. The van der Waals surface area contributed by atoms with Crippen molar-refractivity contribution < 1.29 is 4.79 Å². The van der Waals surface area contributed by atoms with E-state index in [4.69, 9.17) is 0 Å². The molecule has 0 fully saturated rings. The molecule has 0 radical (unpaired) electrons. The quantitative estimate of drug-likeness (QED) is 0.834. The van der Waals surface area contributed by atoms with Crippen molar-refractivity contribution in [1.29, 1.82) is 0 Å². The predicted molar refractivity (Wildman–Crippen MR) is 85.7 cm³/mol. The topological polar surface area (TPSA) is 68.0 Å². The van der Waals surface area contributed by atoms with Crippen molar-refractivity contribution in [2.75, 3.05) is 25.5 Å². The van der Waals surface area contributed by atoms with Crippen molar-refractivity contribution in [1.82, 2.24) is 24.5 Å². The fourth-order valence-electron chi connectivity index (χ4n) is 2.38. The van der Waals surface area contributed by atoms with Gasteiger partial charge in [0.25, 0.3) is 0 Å². The highest BCUT2D eigenvalue weighted by Gasteiger charge is 2.08. The monoisotopic (exact) mass is 304 g/mol. The molecule has 0 aliphatic heterocycles. The zero-order valence-electron chi connectivity index (χ0n) is 13.7. The summed E-state index contributed by atoms with van der Waals surface area (Å²) in [5, 5.41) is 11.3. The lowest BCUT2D eigenvalue weighted by Gasteiger charge is -2.16. The Morgan fingerprint density at radius 3 is 2.73 bits per heavy atom. The van der Waals surface area contributed by atoms with E-state index >= 15 is 0 Å². The highest BCUT2D eigenvalue weighted by Crippen LogP contribution is 2.04. The number of nitrogens with one attached hydrogen (secondary N) is 1. The second-order valence-corrected chi connectivity index (χ2v) is 5.66. The maximum atomic E-state index is 11.9. The summed E-state index contributed by atoms with van der Waals surface area (Å²) < 4.78 is 3.67. The molecular formula is C15H24N6O. The van der Waals surface area contributed by atoms with Crippen LogP contribution in [0.1, 0.15) is 17.8 Å². The first-order chi connectivity index (χ1) is 10.4. The van der Waals surface area contributed by atoms with Gasteiger partial charge in [-0.15, -0.1) is 0 Å². The van der Waals surface area contributed by atoms with Gasteiger partial charge in [-0.3, -0.25) is 19.1 Å². The highest BCUT2D eigenvalue weighted by molar-refractivity contribution is 5.91. The number of aromatic nitrogens is 4. The Balaban J connectivity index is 1.70. The third kappa shape index (κ3) is 4.70. The smallest absolute Gasteiger partial charge is 0.239 e. The standard InChI is InChI=1S/C15H24N6O/c1-12-10-13(2)21(17-12)8-5-7-19(3)11-15(22)16-14-6-9-20(4)18-14/h6,9-10H,5,7-8,11H2,1-4H3,(H,16,18,22). The molecule has 0 atom stereocenters. The molecule has 1 amide bonds. The zero-order valence-corrected chi connectivity index (χ0v) is 13.7. The number of anilines is 1. The van der Waals surface area contributed by atoms with E-state index in [1.807, 2.05) is 30.6 Å². The number of hydrogen-bond acceptors (Lipinski definition) is 4. The molecule has 120 valence electrons. The van der Waals surface area contributed by atoms with Crippen LogP contribution in [0.5, 0.6) is 0 Å². The van der Waals surface area contributed by atoms with E-state index in [9.17, 15) is 4.79 Å². The summed E-state index contributed by atoms with van der Waals surface area (Å²) in [5.74, 6) is 0.538. The van der Waals surface area contributed by atoms with Gasteiger partial charge < -0.3 is 5.32 Å². The summed E-state index contributed by atoms with van der Waals surface area (Å²) in [6.45, 7) is 6.12. The SMILES string of the molecule is Cc1cc(C)n(CCCN(C)CC(=O)Nc2ccn(C)n2)n1. The normalized spacial score (nSPS) is 11.1. The summed E-state index contributed by atoms with van der Waals surface area (Å²) in [6, 6.07) is 3.85. The van der Waals surface area contributed by atoms with Gasteiger partial charge in [-0.25, -0.2) is 0 Å². The van der Waals surface area contributed by atoms with Crippen molar-refractivity contribution in [3.8, 4) is 0 Å². The molecule has 1 N–H and O–H groups in total. The first-order valence-electron chi connectivity index (χ1n) is 7.43. The zero-order chi connectivity index (χ0) is 16.1. The number of hydrogen-bond donors (Lipinski definition) is 1. The molecule has 2 heterocycles. The fraction of sp³-hybridized carbons (Fsp3) is 0.533. The van der Waals surface area contributed by atoms with E-state index in [1.165, 1.54) is 5.69 Å². The molecule has 0 saturated heterocycles. The summed E-state index contributed by atoms with van der Waals surface area (Å²) in [6.07, 6.45) is 2.75. The third-order valence-electron chi connectivity index (χ3n) is 3.41. The Hall–Kier alpha value is -2.15. The second-order valence-electron chi connectivity index (χ2n) is 5.66. The Labute approximate surface area is 130 Å². The van der Waals surface area contributed by atoms with Crippen LogP contribution in [0.15, 0.2) is 18.3 Å². The highest BCUT2D eigenvalue weighted by atomic mass is 16.2. The minimum atomic E-state index is -0.0488. The maximum Gasteiger partial charge on any atom is 0.239 e. The van der Waals surface area contributed by atoms with Gasteiger partial charge in [0.1, 0.15) is 0 Å². The lowest BCUT2D eigenvalue weighted by atomic mass is 10.3. The Morgan fingerprint density at radius 2 is 2.14 bits per heavy atom. The molecule has 0 aliphatic rings. The first-order valence-corrected chi connectivity index (χ1v) is 7.43. The number of carbonyl (C=O) groups excluding carboxylic acids is 1. The van der Waals surface area contributed by atoms with E-state index in [0.29, 0.717) is 12.4 Å². The van der Waals surface area contributed by atoms with Crippen molar-refractivity contribution in [2.24, 2.45) is 7.05 Å². The van der Waals surface area contributed by atoms with E-state index in [2.05, 4.69) is 28.5 Å².